The lowest BCUT2D eigenvalue weighted by atomic mass is 9.79. The van der Waals surface area contributed by atoms with Crippen molar-refractivity contribution in [2.45, 2.75) is 30.9 Å². The molecule has 1 aliphatic heterocycles. The third kappa shape index (κ3) is 4.06. The summed E-state index contributed by atoms with van der Waals surface area (Å²) in [5, 5.41) is 17.0. The van der Waals surface area contributed by atoms with Crippen molar-refractivity contribution >= 4 is 5.91 Å². The van der Waals surface area contributed by atoms with Crippen molar-refractivity contribution in [3.8, 4) is 5.75 Å². The van der Waals surface area contributed by atoms with Gasteiger partial charge in [0.15, 0.2) is 0 Å². The van der Waals surface area contributed by atoms with E-state index in [9.17, 15) is 9.90 Å². The minimum atomic E-state index is -0.733. The van der Waals surface area contributed by atoms with Crippen LogP contribution >= 0.6 is 0 Å². The first kappa shape index (κ1) is 18.4. The number of piperidine rings is 1. The fourth-order valence-corrected chi connectivity index (χ4v) is 3.52. The molecule has 0 aliphatic carbocycles. The van der Waals surface area contributed by atoms with Crippen LogP contribution in [0.1, 0.15) is 24.0 Å². The third-order valence-electron chi connectivity index (χ3n) is 5.05. The van der Waals surface area contributed by atoms with E-state index in [1.54, 1.807) is 7.11 Å². The smallest absolute Gasteiger partial charge is 0.221 e. The molecule has 1 saturated heterocycles. The first-order valence-electron chi connectivity index (χ1n) is 9.02. The summed E-state index contributed by atoms with van der Waals surface area (Å²) in [6.07, 6.45) is 1.02. The van der Waals surface area contributed by atoms with Crippen LogP contribution in [0.25, 0.3) is 0 Å². The first-order valence-corrected chi connectivity index (χ1v) is 9.02. The van der Waals surface area contributed by atoms with Gasteiger partial charge in [0.25, 0.3) is 0 Å². The predicted molar refractivity (Wildman–Crippen MR) is 101 cm³/mol. The molecule has 1 amide bonds. The monoisotopic (exact) mass is 354 g/mol. The summed E-state index contributed by atoms with van der Waals surface area (Å²) in [7, 11) is 1.63. The largest absolute Gasteiger partial charge is 0.497 e. The average Bonchev–Trinajstić information content (AvgIpc) is 2.69. The Morgan fingerprint density at radius 1 is 1.23 bits per heavy atom. The van der Waals surface area contributed by atoms with Gasteiger partial charge in [0, 0.05) is 13.0 Å². The average molecular weight is 354 g/mol. The number of carbonyl (C=O) groups is 1. The highest BCUT2D eigenvalue weighted by Crippen LogP contribution is 2.31. The Labute approximate surface area is 154 Å². The fraction of sp³-hybridized carbons (Fsp3) is 0.381. The van der Waals surface area contributed by atoms with E-state index in [1.807, 2.05) is 54.6 Å². The lowest BCUT2D eigenvalue weighted by Crippen LogP contribution is -2.61. The highest BCUT2D eigenvalue weighted by atomic mass is 16.5. The summed E-state index contributed by atoms with van der Waals surface area (Å²) in [5.74, 6) is 0.754. The number of aliphatic hydroxyl groups is 1. The lowest BCUT2D eigenvalue weighted by molar-refractivity contribution is -0.125. The molecule has 1 heterocycles. The predicted octanol–water partition coefficient (Wildman–Crippen LogP) is 1.99. The number of β-amino-alcohol motifs (C(OH)–C–C–N with tert-alkyl or cyclic N) is 1. The zero-order valence-electron chi connectivity index (χ0n) is 15.1. The maximum absolute atomic E-state index is 12.7. The molecule has 0 saturated carbocycles. The molecule has 3 N–H and O–H groups in total. The number of aliphatic hydroxyl groups excluding tert-OH is 1. The second kappa shape index (κ2) is 8.34. The van der Waals surface area contributed by atoms with Crippen molar-refractivity contribution in [3.05, 3.63) is 65.7 Å². The third-order valence-corrected chi connectivity index (χ3v) is 5.05. The number of ether oxygens (including phenoxy) is 1. The topological polar surface area (TPSA) is 70.6 Å². The molecule has 2 aromatic carbocycles. The molecule has 2 aromatic rings. The fourth-order valence-electron chi connectivity index (χ4n) is 3.52. The molecule has 0 bridgehead atoms. The van der Waals surface area contributed by atoms with Crippen molar-refractivity contribution in [1.29, 1.82) is 0 Å². The molecule has 0 spiro atoms. The maximum Gasteiger partial charge on any atom is 0.221 e. The number of rotatable bonds is 6. The van der Waals surface area contributed by atoms with Crippen LogP contribution in [0.2, 0.25) is 0 Å². The Morgan fingerprint density at radius 2 is 1.96 bits per heavy atom. The van der Waals surface area contributed by atoms with Crippen LogP contribution < -0.4 is 15.4 Å². The number of amides is 1. The molecule has 138 valence electrons. The maximum atomic E-state index is 12.7. The van der Waals surface area contributed by atoms with Crippen molar-refractivity contribution < 1.29 is 14.6 Å². The summed E-state index contributed by atoms with van der Waals surface area (Å²) < 4.78 is 5.16. The highest BCUT2D eigenvalue weighted by Gasteiger charge is 2.42. The molecule has 5 nitrogen and oxygen atoms in total. The number of nitrogens with one attached hydrogen (secondary N) is 2. The summed E-state index contributed by atoms with van der Waals surface area (Å²) >= 11 is 0. The van der Waals surface area contributed by atoms with Gasteiger partial charge < -0.3 is 20.5 Å². The number of carbonyl (C=O) groups excluding carboxylic acids is 1. The second-order valence-corrected chi connectivity index (χ2v) is 6.70. The molecule has 26 heavy (non-hydrogen) atoms. The van der Waals surface area contributed by atoms with Crippen LogP contribution in [0.15, 0.2) is 54.6 Å². The molecule has 1 aliphatic rings. The van der Waals surface area contributed by atoms with Crippen LogP contribution in [0.3, 0.4) is 0 Å². The minimum Gasteiger partial charge on any atom is -0.497 e. The molecule has 1 fully saturated rings. The van der Waals surface area contributed by atoms with Crippen LogP contribution in [0, 0.1) is 0 Å². The van der Waals surface area contributed by atoms with E-state index in [0.29, 0.717) is 25.8 Å². The molecule has 0 aromatic heterocycles. The zero-order chi connectivity index (χ0) is 18.4. The van der Waals surface area contributed by atoms with Gasteiger partial charge in [-0.05, 0) is 42.6 Å². The Morgan fingerprint density at radius 3 is 2.62 bits per heavy atom. The number of benzene rings is 2. The molecular formula is C21H26N2O3. The molecule has 2 atom stereocenters. The lowest BCUT2D eigenvalue weighted by Gasteiger charge is -2.43. The van der Waals surface area contributed by atoms with Crippen LogP contribution in [0.4, 0.5) is 0 Å². The zero-order valence-corrected chi connectivity index (χ0v) is 15.1. The number of methoxy groups -OCH3 is 1. The van der Waals surface area contributed by atoms with E-state index in [2.05, 4.69) is 10.6 Å². The standard InChI is InChI=1S/C21H26N2O3/c1-26-18-10-7-16(8-11-18)9-12-20(25)23-21(13-14-22-15-19(21)24)17-5-3-2-4-6-17/h2-8,10-11,19,22,24H,9,12-15H2,1H3,(H,23,25)/t19-,21+/m1/s1. The van der Waals surface area contributed by atoms with Gasteiger partial charge in [0.05, 0.1) is 18.8 Å². The van der Waals surface area contributed by atoms with Crippen molar-refractivity contribution in [2.75, 3.05) is 20.2 Å². The summed E-state index contributed by atoms with van der Waals surface area (Å²) in [4.78, 5) is 12.7. The van der Waals surface area contributed by atoms with Crippen molar-refractivity contribution in [3.63, 3.8) is 0 Å². The molecule has 0 radical (unpaired) electrons. The number of aryl methyl sites for hydroxylation is 1. The van der Waals surface area contributed by atoms with E-state index < -0.39 is 11.6 Å². The van der Waals surface area contributed by atoms with Crippen molar-refractivity contribution in [2.24, 2.45) is 0 Å². The van der Waals surface area contributed by atoms with Crippen LogP contribution in [0.5, 0.6) is 5.75 Å². The summed E-state index contributed by atoms with van der Waals surface area (Å²) in [6.45, 7) is 1.22. The molecule has 0 unspecified atom stereocenters. The van der Waals surface area contributed by atoms with E-state index in [0.717, 1.165) is 23.4 Å². The van der Waals surface area contributed by atoms with Gasteiger partial charge in [-0.2, -0.15) is 0 Å². The Bertz CT molecular complexity index is 718. The molecule has 5 heteroatoms. The van der Waals surface area contributed by atoms with Gasteiger partial charge in [-0.15, -0.1) is 0 Å². The van der Waals surface area contributed by atoms with E-state index >= 15 is 0 Å². The summed E-state index contributed by atoms with van der Waals surface area (Å²) in [6, 6.07) is 17.5. The summed E-state index contributed by atoms with van der Waals surface area (Å²) in [5.41, 5.74) is 1.30. The van der Waals surface area contributed by atoms with Gasteiger partial charge in [-0.3, -0.25) is 4.79 Å². The Balaban J connectivity index is 1.69. The molecule has 3 rings (SSSR count). The van der Waals surface area contributed by atoms with Gasteiger partial charge in [0.2, 0.25) is 5.91 Å². The van der Waals surface area contributed by atoms with E-state index in [4.69, 9.17) is 4.74 Å². The number of hydrogen-bond donors (Lipinski definition) is 3. The number of hydrogen-bond acceptors (Lipinski definition) is 4. The van der Waals surface area contributed by atoms with Gasteiger partial charge in [-0.25, -0.2) is 0 Å². The Hall–Kier alpha value is -2.37. The van der Waals surface area contributed by atoms with Gasteiger partial charge in [-0.1, -0.05) is 42.5 Å². The normalized spacial score (nSPS) is 22.6. The van der Waals surface area contributed by atoms with E-state index in [-0.39, 0.29) is 5.91 Å². The van der Waals surface area contributed by atoms with E-state index in [1.165, 1.54) is 0 Å². The van der Waals surface area contributed by atoms with Crippen LogP contribution in [-0.4, -0.2) is 37.3 Å². The first-order chi connectivity index (χ1) is 12.6. The molecular weight excluding hydrogens is 328 g/mol. The second-order valence-electron chi connectivity index (χ2n) is 6.70. The quantitative estimate of drug-likeness (QED) is 0.742. The van der Waals surface area contributed by atoms with Gasteiger partial charge in [0.1, 0.15) is 5.75 Å². The SMILES string of the molecule is COc1ccc(CCC(=O)N[C@]2(c3ccccc3)CCNC[C@H]2O)cc1. The Kier molecular flexibility index (Phi) is 5.91. The highest BCUT2D eigenvalue weighted by molar-refractivity contribution is 5.77. The van der Waals surface area contributed by atoms with Crippen molar-refractivity contribution in [1.82, 2.24) is 10.6 Å². The van der Waals surface area contributed by atoms with Gasteiger partial charge >= 0.3 is 0 Å². The van der Waals surface area contributed by atoms with Crippen LogP contribution in [-0.2, 0) is 16.8 Å². The minimum absolute atomic E-state index is 0.0504.